The van der Waals surface area contributed by atoms with Crippen LogP contribution in [-0.2, 0) is 23.9 Å². The van der Waals surface area contributed by atoms with Gasteiger partial charge in [0.05, 0.1) is 22.7 Å². The third-order valence-corrected chi connectivity index (χ3v) is 9.29. The van der Waals surface area contributed by atoms with Gasteiger partial charge in [-0.05, 0) is 77.7 Å². The van der Waals surface area contributed by atoms with E-state index in [9.17, 15) is 24.0 Å². The van der Waals surface area contributed by atoms with Gasteiger partial charge in [0.2, 0.25) is 11.8 Å². The molecular weight excluding hydrogens is 598 g/mol. The van der Waals surface area contributed by atoms with Crippen LogP contribution in [0.15, 0.2) is 60.7 Å². The number of fused-ring (bicyclic) bond motifs is 5. The van der Waals surface area contributed by atoms with Gasteiger partial charge in [-0.15, -0.1) is 0 Å². The number of Topliss-reactive ketones (excluding diaryl/α,β-unsaturated/α-hetero) is 1. The molecule has 0 radical (unpaired) electrons. The van der Waals surface area contributed by atoms with E-state index in [-0.39, 0.29) is 32.0 Å². The number of carbonyl (C=O) groups excluding carboxylic acids is 5. The summed E-state index contributed by atoms with van der Waals surface area (Å²) in [5, 5.41) is 2.64. The number of rotatable bonds is 8. The largest absolute Gasteiger partial charge is 0.444 e. The van der Waals surface area contributed by atoms with Crippen LogP contribution < -0.4 is 5.32 Å². The molecule has 1 aliphatic heterocycles. The molecule has 250 valence electrons. The molecule has 5 rings (SSSR count). The Morgan fingerprint density at radius 3 is 1.62 bits per heavy atom. The number of carbonyl (C=O) groups is 5. The monoisotopic (exact) mass is 643 g/mol. The second kappa shape index (κ2) is 12.0. The highest BCUT2D eigenvalue weighted by Crippen LogP contribution is 2.73. The van der Waals surface area contributed by atoms with Crippen molar-refractivity contribution in [1.29, 1.82) is 0 Å². The quantitative estimate of drug-likeness (QED) is 0.373. The molecule has 4 atom stereocenters. The Morgan fingerprint density at radius 2 is 1.19 bits per heavy atom. The van der Waals surface area contributed by atoms with Crippen LogP contribution in [-0.4, -0.2) is 77.0 Å². The summed E-state index contributed by atoms with van der Waals surface area (Å²) in [7, 11) is 0. The highest BCUT2D eigenvalue weighted by molar-refractivity contribution is 6.29. The first-order valence-electron chi connectivity index (χ1n) is 16.1. The molecule has 2 fully saturated rings. The van der Waals surface area contributed by atoms with Crippen LogP contribution >= 0.6 is 0 Å². The van der Waals surface area contributed by atoms with Crippen LogP contribution in [0, 0.1) is 22.7 Å². The Morgan fingerprint density at radius 1 is 0.745 bits per heavy atom. The van der Waals surface area contributed by atoms with E-state index in [0.717, 1.165) is 22.3 Å². The second-order valence-corrected chi connectivity index (χ2v) is 14.9. The van der Waals surface area contributed by atoms with Crippen molar-refractivity contribution in [2.75, 3.05) is 26.2 Å². The van der Waals surface area contributed by atoms with E-state index in [2.05, 4.69) is 5.32 Å². The van der Waals surface area contributed by atoms with E-state index in [4.69, 9.17) is 9.47 Å². The lowest BCUT2D eigenvalue weighted by molar-refractivity contribution is -0.145. The highest BCUT2D eigenvalue weighted by Gasteiger charge is 2.78. The predicted molar refractivity (Wildman–Crippen MR) is 177 cm³/mol. The fraction of sp³-hybridized carbons (Fsp3) is 0.486. The van der Waals surface area contributed by atoms with Crippen LogP contribution in [0.2, 0.25) is 0 Å². The first-order chi connectivity index (χ1) is 21.9. The van der Waals surface area contributed by atoms with Crippen molar-refractivity contribution in [1.82, 2.24) is 15.1 Å². The van der Waals surface area contributed by atoms with Crippen LogP contribution in [0.5, 0.6) is 0 Å². The highest BCUT2D eigenvalue weighted by atomic mass is 16.6. The third-order valence-electron chi connectivity index (χ3n) is 9.29. The van der Waals surface area contributed by atoms with E-state index in [0.29, 0.717) is 0 Å². The molecule has 3 aliphatic rings. The average molecular weight is 644 g/mol. The van der Waals surface area contributed by atoms with Crippen molar-refractivity contribution in [2.45, 2.75) is 66.6 Å². The van der Waals surface area contributed by atoms with Gasteiger partial charge in [-0.3, -0.25) is 19.3 Å². The summed E-state index contributed by atoms with van der Waals surface area (Å²) in [5.74, 6) is -2.71. The fourth-order valence-corrected chi connectivity index (χ4v) is 7.54. The van der Waals surface area contributed by atoms with Crippen LogP contribution in [0.4, 0.5) is 9.59 Å². The van der Waals surface area contributed by atoms with Crippen LogP contribution in [0.3, 0.4) is 0 Å². The molecule has 10 nitrogen and oxygen atoms in total. The standard InChI is InChI=1S/C37H45N3O7/c1-34(2,3)46-32(44)38-19-20-39(33(45)47-35(4,5)6)21-22-40-29(41)27-28(30(40)42)37(8)26(24-17-13-10-14-18-24)25(36(27,7)31(37)43)23-15-11-9-12-16-23/h9-18,27-28H,19-22H2,1-8H3,(H,38,44). The predicted octanol–water partition coefficient (Wildman–Crippen LogP) is 5.57. The molecule has 2 aromatic carbocycles. The molecule has 10 heteroatoms. The topological polar surface area (TPSA) is 122 Å². The molecule has 1 saturated heterocycles. The number of allylic oxidation sites excluding steroid dienone is 2. The summed E-state index contributed by atoms with van der Waals surface area (Å²) in [4.78, 5) is 71.0. The molecule has 1 N–H and O–H groups in total. The summed E-state index contributed by atoms with van der Waals surface area (Å²) < 4.78 is 10.9. The van der Waals surface area contributed by atoms with Crippen molar-refractivity contribution in [2.24, 2.45) is 22.7 Å². The number of ketones is 1. The van der Waals surface area contributed by atoms with Gasteiger partial charge in [0.15, 0.2) is 5.78 Å². The molecular formula is C37H45N3O7. The van der Waals surface area contributed by atoms with Gasteiger partial charge in [0.25, 0.3) is 0 Å². The molecule has 47 heavy (non-hydrogen) atoms. The Balaban J connectivity index is 1.43. The number of likely N-dealkylation sites (tertiary alicyclic amines) is 1. The minimum absolute atomic E-state index is 0.0201. The molecule has 4 amide bonds. The van der Waals surface area contributed by atoms with Crippen molar-refractivity contribution in [3.05, 3.63) is 71.8 Å². The summed E-state index contributed by atoms with van der Waals surface area (Å²) in [5.41, 5.74) is -0.679. The molecule has 4 unspecified atom stereocenters. The van der Waals surface area contributed by atoms with Crippen molar-refractivity contribution in [3.63, 3.8) is 0 Å². The zero-order valence-corrected chi connectivity index (χ0v) is 28.5. The molecule has 2 aromatic rings. The number of amides is 4. The van der Waals surface area contributed by atoms with Crippen LogP contribution in [0.1, 0.15) is 66.5 Å². The van der Waals surface area contributed by atoms with E-state index >= 15 is 0 Å². The van der Waals surface area contributed by atoms with Gasteiger partial charge in [0.1, 0.15) is 11.2 Å². The van der Waals surface area contributed by atoms with Gasteiger partial charge in [-0.1, -0.05) is 60.7 Å². The first-order valence-corrected chi connectivity index (χ1v) is 16.1. The third kappa shape index (κ3) is 5.94. The summed E-state index contributed by atoms with van der Waals surface area (Å²) in [6.45, 7) is 14.1. The molecule has 2 aliphatic carbocycles. The number of hydrogen-bond acceptors (Lipinski definition) is 7. The summed E-state index contributed by atoms with van der Waals surface area (Å²) >= 11 is 0. The van der Waals surface area contributed by atoms with Gasteiger partial charge < -0.3 is 19.7 Å². The lowest BCUT2D eigenvalue weighted by Gasteiger charge is -2.35. The van der Waals surface area contributed by atoms with Gasteiger partial charge in [-0.2, -0.15) is 0 Å². The number of imide groups is 1. The van der Waals surface area contributed by atoms with Crippen molar-refractivity contribution < 1.29 is 33.4 Å². The fourth-order valence-electron chi connectivity index (χ4n) is 7.54. The maximum Gasteiger partial charge on any atom is 0.410 e. The Kier molecular flexibility index (Phi) is 8.62. The minimum atomic E-state index is -1.23. The number of ether oxygens (including phenoxy) is 2. The van der Waals surface area contributed by atoms with Gasteiger partial charge in [-0.25, -0.2) is 9.59 Å². The summed E-state index contributed by atoms with van der Waals surface area (Å²) in [6.07, 6.45) is -1.27. The minimum Gasteiger partial charge on any atom is -0.444 e. The zero-order valence-electron chi connectivity index (χ0n) is 28.5. The Hall–Kier alpha value is -4.47. The normalized spacial score (nSPS) is 25.3. The Bertz CT molecular complexity index is 1540. The summed E-state index contributed by atoms with van der Waals surface area (Å²) in [6, 6.07) is 19.2. The molecule has 2 bridgehead atoms. The SMILES string of the molecule is CC(C)(C)OC(=O)NCCN(CCN1C(=O)C2C(C1=O)C1(C)C(=O)C2(C)C(c2ccccc2)=C1c1ccccc1)C(=O)OC(C)(C)C. The van der Waals surface area contributed by atoms with E-state index < -0.39 is 57.9 Å². The first kappa shape index (κ1) is 33.9. The number of benzene rings is 2. The van der Waals surface area contributed by atoms with Gasteiger partial charge >= 0.3 is 12.2 Å². The number of hydrogen-bond donors (Lipinski definition) is 1. The Labute approximate surface area is 276 Å². The molecule has 1 saturated carbocycles. The van der Waals surface area contributed by atoms with E-state index in [1.54, 1.807) is 55.4 Å². The van der Waals surface area contributed by atoms with Crippen molar-refractivity contribution >= 4 is 40.9 Å². The zero-order chi connectivity index (χ0) is 34.5. The lowest BCUT2D eigenvalue weighted by Crippen LogP contribution is -2.47. The number of nitrogens with one attached hydrogen (secondary N) is 1. The smallest absolute Gasteiger partial charge is 0.410 e. The second-order valence-electron chi connectivity index (χ2n) is 14.9. The maximum absolute atomic E-state index is 14.5. The van der Waals surface area contributed by atoms with Gasteiger partial charge in [0, 0.05) is 26.2 Å². The van der Waals surface area contributed by atoms with Crippen LogP contribution in [0.25, 0.3) is 11.1 Å². The maximum atomic E-state index is 14.5. The lowest BCUT2D eigenvalue weighted by atomic mass is 9.63. The molecule has 0 aromatic heterocycles. The van der Waals surface area contributed by atoms with Crippen molar-refractivity contribution in [3.8, 4) is 0 Å². The molecule has 1 heterocycles. The molecule has 0 spiro atoms. The number of alkyl carbamates (subject to hydrolysis) is 1. The number of nitrogens with zero attached hydrogens (tertiary/aromatic N) is 2. The van der Waals surface area contributed by atoms with E-state index in [1.165, 1.54) is 9.80 Å². The average Bonchev–Trinajstić information content (AvgIpc) is 3.42. The van der Waals surface area contributed by atoms with E-state index in [1.807, 2.05) is 60.7 Å².